The van der Waals surface area contributed by atoms with Crippen LogP contribution < -0.4 is 5.73 Å². The van der Waals surface area contributed by atoms with Gasteiger partial charge >= 0.3 is 0 Å². The van der Waals surface area contributed by atoms with Gasteiger partial charge in [-0.25, -0.2) is 0 Å². The number of aliphatic hydroxyl groups excluding tert-OH is 1. The molecule has 0 unspecified atom stereocenters. The predicted octanol–water partition coefficient (Wildman–Crippen LogP) is 0.691. The molecule has 5 heteroatoms. The number of rotatable bonds is 3. The van der Waals surface area contributed by atoms with Gasteiger partial charge in [-0.3, -0.25) is 10.1 Å². The molecule has 0 saturated heterocycles. The highest BCUT2D eigenvalue weighted by atomic mass is 16.6. The molecule has 0 radical (unpaired) electrons. The Hall–Kier alpha value is -1.78. The van der Waals surface area contributed by atoms with Crippen LogP contribution in [0.3, 0.4) is 0 Å². The van der Waals surface area contributed by atoms with E-state index in [-0.39, 0.29) is 5.70 Å². The van der Waals surface area contributed by atoms with Gasteiger partial charge in [0, 0.05) is 0 Å². The van der Waals surface area contributed by atoms with E-state index in [0.717, 1.165) is 6.08 Å². The zero-order chi connectivity index (χ0) is 9.02. The minimum absolute atomic E-state index is 0.131. The monoisotopic (exact) mass is 156 g/mol. The summed E-state index contributed by atoms with van der Waals surface area (Å²) in [6.07, 6.45) is 0.836. The van der Waals surface area contributed by atoms with Crippen molar-refractivity contribution in [3.63, 3.8) is 0 Å². The van der Waals surface area contributed by atoms with Crippen LogP contribution in [-0.4, -0.2) is 10.0 Å². The Morgan fingerprint density at radius 3 is 2.36 bits per heavy atom. The molecule has 0 aromatic carbocycles. The van der Waals surface area contributed by atoms with Crippen molar-refractivity contribution in [2.24, 2.45) is 5.73 Å². The second-order valence-corrected chi connectivity index (χ2v) is 1.80. The third kappa shape index (κ3) is 3.04. The van der Waals surface area contributed by atoms with Crippen molar-refractivity contribution >= 4 is 0 Å². The second kappa shape index (κ2) is 3.40. The SMILES string of the molecule is C=C(N)/C(O)=C\C(=C)[N+](=O)[O-]. The van der Waals surface area contributed by atoms with Crippen molar-refractivity contribution in [1.29, 1.82) is 0 Å². The maximum absolute atomic E-state index is 9.94. The molecule has 0 bridgehead atoms. The fourth-order valence-electron chi connectivity index (χ4n) is 0.303. The topological polar surface area (TPSA) is 89.4 Å². The van der Waals surface area contributed by atoms with E-state index in [4.69, 9.17) is 10.8 Å². The van der Waals surface area contributed by atoms with Crippen LogP contribution in [0.15, 0.2) is 36.4 Å². The second-order valence-electron chi connectivity index (χ2n) is 1.80. The van der Waals surface area contributed by atoms with E-state index >= 15 is 0 Å². The molecular weight excluding hydrogens is 148 g/mol. The number of aliphatic hydroxyl groups is 1. The van der Waals surface area contributed by atoms with Crippen molar-refractivity contribution in [3.8, 4) is 0 Å². The molecule has 0 amide bonds. The quantitative estimate of drug-likeness (QED) is 0.272. The van der Waals surface area contributed by atoms with E-state index < -0.39 is 16.4 Å². The molecule has 5 nitrogen and oxygen atoms in total. The molecular formula is C6H8N2O3. The maximum Gasteiger partial charge on any atom is 0.266 e. The normalized spacial score (nSPS) is 10.7. The molecule has 0 rings (SSSR count). The van der Waals surface area contributed by atoms with Crippen molar-refractivity contribution in [3.05, 3.63) is 46.5 Å². The molecule has 0 aliphatic carbocycles. The van der Waals surface area contributed by atoms with Gasteiger partial charge in [0.2, 0.25) is 0 Å². The van der Waals surface area contributed by atoms with Gasteiger partial charge in [-0.1, -0.05) is 6.58 Å². The molecule has 0 atom stereocenters. The molecule has 11 heavy (non-hydrogen) atoms. The summed E-state index contributed by atoms with van der Waals surface area (Å²) in [5, 5.41) is 18.8. The van der Waals surface area contributed by atoms with E-state index in [9.17, 15) is 10.1 Å². The Kier molecular flexibility index (Phi) is 2.85. The van der Waals surface area contributed by atoms with Crippen molar-refractivity contribution in [2.45, 2.75) is 0 Å². The van der Waals surface area contributed by atoms with Crippen LogP contribution in [0.5, 0.6) is 0 Å². The van der Waals surface area contributed by atoms with E-state index in [0.29, 0.717) is 0 Å². The summed E-state index contributed by atoms with van der Waals surface area (Å²) in [5.74, 6) is -0.438. The van der Waals surface area contributed by atoms with Gasteiger partial charge in [0.1, 0.15) is 5.76 Å². The molecule has 0 saturated carbocycles. The third-order valence-electron chi connectivity index (χ3n) is 0.867. The van der Waals surface area contributed by atoms with Crippen LogP contribution in [-0.2, 0) is 0 Å². The van der Waals surface area contributed by atoms with Crippen LogP contribution in [0.4, 0.5) is 0 Å². The minimum atomic E-state index is -0.737. The van der Waals surface area contributed by atoms with Gasteiger partial charge in [-0.2, -0.15) is 0 Å². The average molecular weight is 156 g/mol. The number of allylic oxidation sites excluding steroid dienone is 1. The maximum atomic E-state index is 9.94. The van der Waals surface area contributed by atoms with Gasteiger partial charge in [-0.05, 0) is 6.58 Å². The summed E-state index contributed by atoms with van der Waals surface area (Å²) >= 11 is 0. The smallest absolute Gasteiger partial charge is 0.266 e. The van der Waals surface area contributed by atoms with E-state index in [2.05, 4.69) is 13.2 Å². The fraction of sp³-hybridized carbons (Fsp3) is 0. The zero-order valence-electron chi connectivity index (χ0n) is 5.78. The molecule has 60 valence electrons. The van der Waals surface area contributed by atoms with Gasteiger partial charge in [0.05, 0.1) is 16.7 Å². The summed E-state index contributed by atoms with van der Waals surface area (Å²) in [4.78, 5) is 9.20. The summed E-state index contributed by atoms with van der Waals surface area (Å²) in [6, 6.07) is 0. The largest absolute Gasteiger partial charge is 0.506 e. The van der Waals surface area contributed by atoms with Crippen LogP contribution in [0, 0.1) is 10.1 Å². The predicted molar refractivity (Wildman–Crippen MR) is 40.2 cm³/mol. The lowest BCUT2D eigenvalue weighted by molar-refractivity contribution is -0.418. The van der Waals surface area contributed by atoms with Crippen LogP contribution in [0.1, 0.15) is 0 Å². The first-order chi connectivity index (χ1) is 4.95. The lowest BCUT2D eigenvalue weighted by atomic mass is 10.3. The summed E-state index contributed by atoms with van der Waals surface area (Å²) in [5.41, 5.74) is 4.44. The highest BCUT2D eigenvalue weighted by Gasteiger charge is 2.04. The molecule has 0 fully saturated rings. The molecule has 0 aliphatic heterocycles. The Morgan fingerprint density at radius 2 is 2.09 bits per heavy atom. The first-order valence-electron chi connectivity index (χ1n) is 2.64. The van der Waals surface area contributed by atoms with Crippen LogP contribution >= 0.6 is 0 Å². The Balaban J connectivity index is 4.44. The molecule has 0 aromatic rings. The molecule has 0 heterocycles. The van der Waals surface area contributed by atoms with E-state index in [1.54, 1.807) is 0 Å². The molecule has 3 N–H and O–H groups in total. The minimum Gasteiger partial charge on any atom is -0.506 e. The van der Waals surface area contributed by atoms with Gasteiger partial charge in [-0.15, -0.1) is 0 Å². The van der Waals surface area contributed by atoms with Crippen molar-refractivity contribution < 1.29 is 10.0 Å². The first kappa shape index (κ1) is 9.22. The number of nitrogens with two attached hydrogens (primary N) is 1. The van der Waals surface area contributed by atoms with Gasteiger partial charge in [0.15, 0.2) is 0 Å². The summed E-state index contributed by atoms with van der Waals surface area (Å²) in [6.45, 7) is 6.21. The lowest BCUT2D eigenvalue weighted by Crippen LogP contribution is -2.01. The number of hydrogen-bond acceptors (Lipinski definition) is 4. The third-order valence-corrected chi connectivity index (χ3v) is 0.867. The first-order valence-corrected chi connectivity index (χ1v) is 2.64. The van der Waals surface area contributed by atoms with Crippen LogP contribution in [0.2, 0.25) is 0 Å². The highest BCUT2D eigenvalue weighted by molar-refractivity contribution is 5.23. The standard InChI is InChI=1S/C6H8N2O3/c1-4(8(10)11)3-6(9)5(2)7/h3,9H,1-2,7H2/b6-3+. The Morgan fingerprint density at radius 1 is 1.64 bits per heavy atom. The number of nitrogens with zero attached hydrogens (tertiary/aromatic N) is 1. The highest BCUT2D eigenvalue weighted by Crippen LogP contribution is 2.01. The van der Waals surface area contributed by atoms with E-state index in [1.165, 1.54) is 0 Å². The molecule has 0 aliphatic rings. The fourth-order valence-corrected chi connectivity index (χ4v) is 0.303. The van der Waals surface area contributed by atoms with Crippen LogP contribution in [0.25, 0.3) is 0 Å². The molecule has 0 aromatic heterocycles. The van der Waals surface area contributed by atoms with Gasteiger partial charge in [0.25, 0.3) is 5.70 Å². The summed E-state index contributed by atoms with van der Waals surface area (Å²) in [7, 11) is 0. The van der Waals surface area contributed by atoms with E-state index in [1.807, 2.05) is 0 Å². The summed E-state index contributed by atoms with van der Waals surface area (Å²) < 4.78 is 0. The lowest BCUT2D eigenvalue weighted by Gasteiger charge is -1.94. The average Bonchev–Trinajstić information content (AvgIpc) is 1.87. The zero-order valence-corrected chi connectivity index (χ0v) is 5.78. The Labute approximate surface area is 63.3 Å². The Bertz CT molecular complexity index is 242. The molecule has 0 spiro atoms. The van der Waals surface area contributed by atoms with Gasteiger partial charge < -0.3 is 10.8 Å². The number of hydrogen-bond donors (Lipinski definition) is 2. The van der Waals surface area contributed by atoms with Crippen molar-refractivity contribution in [2.75, 3.05) is 0 Å². The van der Waals surface area contributed by atoms with Crippen molar-refractivity contribution in [1.82, 2.24) is 0 Å². The number of nitro groups is 1.